The third kappa shape index (κ3) is 5.54. The van der Waals surface area contributed by atoms with Gasteiger partial charge in [-0.05, 0) is 69.0 Å². The van der Waals surface area contributed by atoms with E-state index in [1.165, 1.54) is 0 Å². The molecule has 3 aliphatic rings. The Labute approximate surface area is 281 Å². The first-order chi connectivity index (χ1) is 22.0. The standard InChI is InChI=1S/C36H44ClN3O5S/c1-7-20-38(24-14-16-25(17-15-24)45-9-3)32(42)29-30-33(43)40(28(22-41)23(4)5)31(36(30)19-18-35(29,6)46-36)34(44)39(21-8-2)27-13-11-10-12-26(27)37/h7-8,10-17,23,28-31,41H,1-2,9,18-22H2,3-6H3/t28-,29+,30-,31?,35-,36?/m0/s1. The predicted molar refractivity (Wildman–Crippen MR) is 185 cm³/mol. The number of hydrogen-bond acceptors (Lipinski definition) is 6. The molecule has 3 fully saturated rings. The normalized spacial score (nSPS) is 27.0. The lowest BCUT2D eigenvalue weighted by Gasteiger charge is -2.40. The number of carbonyl (C=O) groups excluding carboxylic acids is 3. The van der Waals surface area contributed by atoms with E-state index in [1.54, 1.807) is 56.8 Å². The minimum Gasteiger partial charge on any atom is -0.494 e. The van der Waals surface area contributed by atoms with Crippen LogP contribution in [0.3, 0.4) is 0 Å². The summed E-state index contributed by atoms with van der Waals surface area (Å²) in [6, 6.07) is 12.9. The smallest absolute Gasteiger partial charge is 0.251 e. The van der Waals surface area contributed by atoms with Gasteiger partial charge in [-0.15, -0.1) is 24.9 Å². The van der Waals surface area contributed by atoms with Crippen LogP contribution in [0.1, 0.15) is 40.5 Å². The van der Waals surface area contributed by atoms with Crippen LogP contribution >= 0.6 is 23.4 Å². The van der Waals surface area contributed by atoms with Gasteiger partial charge >= 0.3 is 0 Å². The molecule has 0 radical (unpaired) electrons. The lowest BCUT2D eigenvalue weighted by Crippen LogP contribution is -2.58. The lowest BCUT2D eigenvalue weighted by molar-refractivity contribution is -0.143. The maximum absolute atomic E-state index is 14.9. The number of anilines is 2. The molecule has 2 aromatic carbocycles. The summed E-state index contributed by atoms with van der Waals surface area (Å²) in [7, 11) is 0. The van der Waals surface area contributed by atoms with E-state index in [0.717, 1.165) is 0 Å². The number of ether oxygens (including phenoxy) is 1. The quantitative estimate of drug-likeness (QED) is 0.265. The van der Waals surface area contributed by atoms with Crippen LogP contribution in [0.15, 0.2) is 73.8 Å². The lowest BCUT2D eigenvalue weighted by atomic mass is 9.66. The maximum Gasteiger partial charge on any atom is 0.251 e. The Kier molecular flexibility index (Phi) is 9.97. The minimum absolute atomic E-state index is 0.138. The summed E-state index contributed by atoms with van der Waals surface area (Å²) in [5.74, 6) is -1.60. The summed E-state index contributed by atoms with van der Waals surface area (Å²) in [6.07, 6.45) is 4.58. The van der Waals surface area contributed by atoms with Crippen LogP contribution in [0.25, 0.3) is 0 Å². The Morgan fingerprint density at radius 3 is 2.33 bits per heavy atom. The number of nitrogens with zero attached hydrogens (tertiary/aromatic N) is 3. The van der Waals surface area contributed by atoms with Gasteiger partial charge in [0.05, 0.1) is 46.5 Å². The monoisotopic (exact) mass is 665 g/mol. The van der Waals surface area contributed by atoms with Gasteiger partial charge in [0.15, 0.2) is 0 Å². The fraction of sp³-hybridized carbons (Fsp3) is 0.472. The molecule has 246 valence electrons. The van der Waals surface area contributed by atoms with E-state index in [2.05, 4.69) is 20.1 Å². The van der Waals surface area contributed by atoms with Gasteiger partial charge in [0.25, 0.3) is 5.91 Å². The first kappa shape index (κ1) is 34.1. The molecule has 8 nitrogen and oxygen atoms in total. The average Bonchev–Trinajstić information content (AvgIpc) is 3.60. The van der Waals surface area contributed by atoms with Crippen molar-refractivity contribution in [1.29, 1.82) is 0 Å². The Morgan fingerprint density at radius 1 is 1.09 bits per heavy atom. The van der Waals surface area contributed by atoms with Gasteiger partial charge in [0, 0.05) is 23.5 Å². The van der Waals surface area contributed by atoms with Crippen molar-refractivity contribution in [2.75, 3.05) is 36.1 Å². The zero-order valence-corrected chi connectivity index (χ0v) is 28.6. The van der Waals surface area contributed by atoms with Crippen molar-refractivity contribution in [1.82, 2.24) is 4.90 Å². The summed E-state index contributed by atoms with van der Waals surface area (Å²) in [5.41, 5.74) is 1.20. The number of halogens is 1. The first-order valence-electron chi connectivity index (χ1n) is 15.9. The van der Waals surface area contributed by atoms with Crippen molar-refractivity contribution in [2.45, 2.75) is 62.1 Å². The second-order valence-electron chi connectivity index (χ2n) is 12.8. The molecular formula is C36H44ClN3O5S. The maximum atomic E-state index is 14.9. The molecule has 3 aliphatic heterocycles. The predicted octanol–water partition coefficient (Wildman–Crippen LogP) is 5.98. The summed E-state index contributed by atoms with van der Waals surface area (Å²) >= 11 is 8.22. The first-order valence-corrected chi connectivity index (χ1v) is 17.1. The summed E-state index contributed by atoms with van der Waals surface area (Å²) < 4.78 is 4.17. The Balaban J connectivity index is 1.62. The van der Waals surface area contributed by atoms with Gasteiger partial charge in [0.1, 0.15) is 11.8 Å². The Morgan fingerprint density at radius 2 is 1.74 bits per heavy atom. The number of aliphatic hydroxyl groups excluding tert-OH is 1. The number of carbonyl (C=O) groups is 3. The van der Waals surface area contributed by atoms with Crippen molar-refractivity contribution >= 4 is 52.5 Å². The van der Waals surface area contributed by atoms with Crippen LogP contribution in [0.2, 0.25) is 5.02 Å². The van der Waals surface area contributed by atoms with E-state index in [1.807, 2.05) is 51.1 Å². The van der Waals surface area contributed by atoms with Crippen LogP contribution in [0.4, 0.5) is 11.4 Å². The molecule has 46 heavy (non-hydrogen) atoms. The summed E-state index contributed by atoms with van der Waals surface area (Å²) in [6.45, 7) is 16.3. The van der Waals surface area contributed by atoms with E-state index >= 15 is 0 Å². The largest absolute Gasteiger partial charge is 0.494 e. The molecule has 2 aromatic rings. The zero-order valence-electron chi connectivity index (χ0n) is 27.0. The Bertz CT molecular complexity index is 1500. The zero-order chi connectivity index (χ0) is 33.4. The summed E-state index contributed by atoms with van der Waals surface area (Å²) in [5, 5.41) is 11.0. The van der Waals surface area contributed by atoms with Crippen molar-refractivity contribution < 1.29 is 24.2 Å². The SMILES string of the molecule is C=CCN(C(=O)[C@H]1[C@H]2C(=O)N([C@@H](CO)C(C)C)C(C(=O)N(CC=C)c3ccccc3Cl)C23CC[C@]1(C)S3)c1ccc(OCC)cc1. The van der Waals surface area contributed by atoms with Gasteiger partial charge in [-0.25, -0.2) is 0 Å². The Hall–Kier alpha value is -3.27. The third-order valence-corrected chi connectivity index (χ3v) is 12.1. The highest BCUT2D eigenvalue weighted by atomic mass is 35.5. The van der Waals surface area contributed by atoms with E-state index in [0.29, 0.717) is 41.6 Å². The van der Waals surface area contributed by atoms with Gasteiger partial charge in [0.2, 0.25) is 11.8 Å². The van der Waals surface area contributed by atoms with Gasteiger partial charge < -0.3 is 24.5 Å². The fourth-order valence-corrected chi connectivity index (χ4v) is 10.3. The number of amides is 3. The number of likely N-dealkylation sites (tertiary alicyclic amines) is 1. The number of para-hydroxylation sites is 1. The molecule has 3 saturated heterocycles. The van der Waals surface area contributed by atoms with E-state index in [-0.39, 0.29) is 43.3 Å². The molecule has 3 heterocycles. The van der Waals surface area contributed by atoms with Crippen LogP contribution in [-0.2, 0) is 14.4 Å². The molecule has 1 spiro atoms. The fourth-order valence-electron chi connectivity index (χ4n) is 7.76. The molecule has 0 saturated carbocycles. The number of rotatable bonds is 13. The average molecular weight is 666 g/mol. The molecule has 5 rings (SSSR count). The van der Waals surface area contributed by atoms with Crippen molar-refractivity contribution in [3.8, 4) is 5.75 Å². The highest BCUT2D eigenvalue weighted by Crippen LogP contribution is 2.72. The molecule has 3 amide bonds. The number of thioether (sulfide) groups is 1. The molecule has 0 aromatic heterocycles. The molecule has 2 unspecified atom stereocenters. The van der Waals surface area contributed by atoms with Crippen LogP contribution in [0, 0.1) is 17.8 Å². The number of aliphatic hydroxyl groups is 1. The van der Waals surface area contributed by atoms with E-state index in [4.69, 9.17) is 16.3 Å². The van der Waals surface area contributed by atoms with Gasteiger partial charge in [-0.2, -0.15) is 0 Å². The van der Waals surface area contributed by atoms with Crippen LogP contribution in [0.5, 0.6) is 5.75 Å². The molecule has 0 aliphatic carbocycles. The number of hydrogen-bond donors (Lipinski definition) is 1. The topological polar surface area (TPSA) is 90.4 Å². The van der Waals surface area contributed by atoms with Gasteiger partial charge in [-0.1, -0.05) is 49.7 Å². The second-order valence-corrected chi connectivity index (χ2v) is 15.1. The highest BCUT2D eigenvalue weighted by molar-refractivity contribution is 8.02. The van der Waals surface area contributed by atoms with Crippen molar-refractivity contribution in [3.63, 3.8) is 0 Å². The van der Waals surface area contributed by atoms with E-state index < -0.39 is 33.4 Å². The highest BCUT2D eigenvalue weighted by Gasteiger charge is 2.78. The molecule has 6 atom stereocenters. The van der Waals surface area contributed by atoms with Crippen LogP contribution in [-0.4, -0.2) is 75.6 Å². The molecular weight excluding hydrogens is 622 g/mol. The molecule has 2 bridgehead atoms. The minimum atomic E-state index is -0.913. The molecule has 1 N–H and O–H groups in total. The van der Waals surface area contributed by atoms with Crippen molar-refractivity contribution in [2.24, 2.45) is 17.8 Å². The number of fused-ring (bicyclic) bond motifs is 1. The summed E-state index contributed by atoms with van der Waals surface area (Å²) in [4.78, 5) is 49.4. The van der Waals surface area contributed by atoms with Gasteiger partial charge in [-0.3, -0.25) is 14.4 Å². The second kappa shape index (κ2) is 13.5. The van der Waals surface area contributed by atoms with Crippen LogP contribution < -0.4 is 14.5 Å². The van der Waals surface area contributed by atoms with E-state index in [9.17, 15) is 19.5 Å². The molecule has 10 heteroatoms. The van der Waals surface area contributed by atoms with Crippen molar-refractivity contribution in [3.05, 3.63) is 78.9 Å². The third-order valence-electron chi connectivity index (χ3n) is 9.79. The number of benzene rings is 2.